The maximum Gasteiger partial charge on any atom is -0.147 e. The van der Waals surface area contributed by atoms with Gasteiger partial charge in [0, 0.05) is 0 Å². The Morgan fingerprint density at radius 3 is 1.31 bits per heavy atom. The van der Waals surface area contributed by atoms with Gasteiger partial charge >= 0.3 is 213 Å². The average Bonchev–Trinajstić information content (AvgIpc) is 3.38. The molecule has 0 heterocycles. The molecule has 0 aliphatic heterocycles. The quantitative estimate of drug-likeness (QED) is 0.240. The van der Waals surface area contributed by atoms with Crippen LogP contribution in [0.4, 0.5) is 0 Å². The van der Waals surface area contributed by atoms with Gasteiger partial charge in [-0.15, -0.1) is 24.8 Å². The molecule has 4 rings (SSSR count). The summed E-state index contributed by atoms with van der Waals surface area (Å²) in [5.74, 6) is 0. The number of unbranched alkanes of at least 4 members (excludes halogenated alkanes) is 2. The van der Waals surface area contributed by atoms with E-state index in [4.69, 9.17) is 0 Å². The van der Waals surface area contributed by atoms with Gasteiger partial charge in [0.2, 0.25) is 0 Å². The third-order valence-corrected chi connectivity index (χ3v) is 34.0. The molecule has 0 spiro atoms. The van der Waals surface area contributed by atoms with Gasteiger partial charge in [-0.05, 0) is 0 Å². The van der Waals surface area contributed by atoms with E-state index in [1.807, 2.05) is 0 Å². The fourth-order valence-corrected chi connectivity index (χ4v) is 36.1. The van der Waals surface area contributed by atoms with Crippen molar-refractivity contribution < 1.29 is 17.1 Å². The Labute approximate surface area is 236 Å². The van der Waals surface area contributed by atoms with E-state index < -0.39 is 17.1 Å². The summed E-state index contributed by atoms with van der Waals surface area (Å²) in [6.45, 7) is 16.6. The summed E-state index contributed by atoms with van der Waals surface area (Å²) in [7, 11) is 0. The van der Waals surface area contributed by atoms with Crippen LogP contribution in [0, 0.1) is 27.7 Å². The van der Waals surface area contributed by atoms with Gasteiger partial charge in [-0.2, -0.15) is 0 Å². The molecule has 4 heteroatoms. The summed E-state index contributed by atoms with van der Waals surface area (Å²) in [6.07, 6.45) is 13.0. The summed E-state index contributed by atoms with van der Waals surface area (Å²) in [5, 5.41) is 0. The summed E-state index contributed by atoms with van der Waals surface area (Å²) in [4.78, 5) is 0. The Morgan fingerprint density at radius 1 is 0.639 bits per heavy atom. The molecule has 2 aliphatic rings. The second kappa shape index (κ2) is 11.8. The molecule has 2 atom stereocenters. The van der Waals surface area contributed by atoms with Gasteiger partial charge in [-0.3, -0.25) is 0 Å². The Kier molecular flexibility index (Phi) is 10.4. The zero-order chi connectivity index (χ0) is 24.9. The van der Waals surface area contributed by atoms with Crippen molar-refractivity contribution in [1.29, 1.82) is 0 Å². The van der Waals surface area contributed by atoms with Crippen LogP contribution in [0.25, 0.3) is 12.2 Å². The minimum atomic E-state index is -3.62. The Hall–Kier alpha value is -0.413. The van der Waals surface area contributed by atoms with Gasteiger partial charge in [-0.25, -0.2) is 0 Å². The van der Waals surface area contributed by atoms with Crippen molar-refractivity contribution in [3.63, 3.8) is 0 Å². The van der Waals surface area contributed by atoms with Gasteiger partial charge in [0.15, 0.2) is 0 Å². The molecule has 0 radical (unpaired) electrons. The van der Waals surface area contributed by atoms with Crippen molar-refractivity contribution >= 4 is 43.9 Å². The molecular formula is C32H48Cl2HfSi. The minimum absolute atomic E-state index is 0. The van der Waals surface area contributed by atoms with E-state index >= 15 is 0 Å². The summed E-state index contributed by atoms with van der Waals surface area (Å²) >= 11 is -3.62. The van der Waals surface area contributed by atoms with Crippen LogP contribution in [-0.4, -0.2) is 6.94 Å². The molecule has 36 heavy (non-hydrogen) atoms. The SMILES string of the molecule is CCCCC1=Cc2c(C)ccc(C)c2[CH]1[Hf]([CH3])([CH3])(=[SiH2])[CH]1C(CCCC)=Cc2c(C)ccc(C)c21.Cl.Cl. The maximum atomic E-state index is 2.83. The van der Waals surface area contributed by atoms with E-state index in [-0.39, 0.29) is 24.8 Å². The molecule has 0 saturated carbocycles. The molecule has 0 nitrogen and oxygen atoms in total. The van der Waals surface area contributed by atoms with Crippen molar-refractivity contribution in [2.24, 2.45) is 0 Å². The number of hydrogen-bond donors (Lipinski definition) is 0. The molecule has 0 amide bonds. The second-order valence-electron chi connectivity index (χ2n) is 12.5. The topological polar surface area (TPSA) is 0 Å². The molecular weight excluding hydrogens is 662 g/mol. The van der Waals surface area contributed by atoms with E-state index in [9.17, 15) is 0 Å². The van der Waals surface area contributed by atoms with E-state index in [2.05, 4.69) is 94.3 Å². The summed E-state index contributed by atoms with van der Waals surface area (Å²) in [6, 6.07) is 9.51. The van der Waals surface area contributed by atoms with E-state index in [1.165, 1.54) is 60.8 Å². The van der Waals surface area contributed by atoms with Crippen LogP contribution >= 0.6 is 24.8 Å². The molecule has 0 saturated heterocycles. The first-order valence-electron chi connectivity index (χ1n) is 13.7. The van der Waals surface area contributed by atoms with Gasteiger partial charge in [-0.1, -0.05) is 0 Å². The van der Waals surface area contributed by atoms with Gasteiger partial charge in [0.1, 0.15) is 0 Å². The third kappa shape index (κ3) is 5.36. The number of hydrogen-bond acceptors (Lipinski definition) is 0. The maximum absolute atomic E-state index is 3.62. The third-order valence-electron chi connectivity index (χ3n) is 8.96. The number of rotatable bonds is 8. The zero-order valence-corrected chi connectivity index (χ0v) is 30.5. The van der Waals surface area contributed by atoms with Crippen LogP contribution in [0.5, 0.6) is 0 Å². The summed E-state index contributed by atoms with van der Waals surface area (Å²) < 4.78 is 6.99. The molecule has 0 N–H and O–H groups in total. The minimum Gasteiger partial charge on any atom is -0.147 e. The molecule has 0 fully saturated rings. The van der Waals surface area contributed by atoms with Crippen LogP contribution < -0.4 is 0 Å². The number of halogens is 2. The molecule has 2 aromatic rings. The largest absolute Gasteiger partial charge is 0.147 e. The smallest absolute Gasteiger partial charge is 0.147 e. The molecule has 2 unspecified atom stereocenters. The monoisotopic (exact) mass is 710 g/mol. The first-order valence-corrected chi connectivity index (χ1v) is 33.3. The fraction of sp³-hybridized carbons (Fsp3) is 0.500. The molecule has 0 aromatic heterocycles. The number of aryl methyl sites for hydroxylation is 4. The van der Waals surface area contributed by atoms with Crippen molar-refractivity contribution in [3.05, 3.63) is 79.9 Å². The Bertz CT molecular complexity index is 1170. The van der Waals surface area contributed by atoms with Crippen molar-refractivity contribution in [2.75, 3.05) is 0 Å². The van der Waals surface area contributed by atoms with Crippen molar-refractivity contribution in [2.45, 2.75) is 96.8 Å². The van der Waals surface area contributed by atoms with Crippen LogP contribution in [-0.2, 0) is 17.1 Å². The molecule has 198 valence electrons. The van der Waals surface area contributed by atoms with Crippen molar-refractivity contribution in [1.82, 2.24) is 0 Å². The molecule has 2 aromatic carbocycles. The number of benzene rings is 2. The zero-order valence-electron chi connectivity index (χ0n) is 23.9. The first kappa shape index (κ1) is 31.8. The summed E-state index contributed by atoms with van der Waals surface area (Å²) in [5.41, 5.74) is 16.0. The Morgan fingerprint density at radius 2 is 0.972 bits per heavy atom. The fourth-order valence-electron chi connectivity index (χ4n) is 7.29. The van der Waals surface area contributed by atoms with E-state index in [0.717, 1.165) is 0 Å². The van der Waals surface area contributed by atoms with Gasteiger partial charge in [0.25, 0.3) is 0 Å². The average molecular weight is 710 g/mol. The van der Waals surface area contributed by atoms with Crippen molar-refractivity contribution in [3.8, 4) is 0 Å². The predicted octanol–water partition coefficient (Wildman–Crippen LogP) is 10.1. The molecule has 2 aliphatic carbocycles. The normalized spacial score (nSPS) is 18.6. The van der Waals surface area contributed by atoms with E-state index in [0.29, 0.717) is 7.35 Å². The first-order chi connectivity index (χ1) is 16.0. The molecule has 0 bridgehead atoms. The predicted molar refractivity (Wildman–Crippen MR) is 167 cm³/mol. The number of allylic oxidation sites excluding steroid dienone is 2. The van der Waals surface area contributed by atoms with Crippen LogP contribution in [0.3, 0.4) is 0 Å². The van der Waals surface area contributed by atoms with Gasteiger partial charge < -0.3 is 0 Å². The Balaban J connectivity index is 0.00000228. The van der Waals surface area contributed by atoms with E-state index in [1.54, 1.807) is 33.4 Å². The van der Waals surface area contributed by atoms with Crippen LogP contribution in [0.1, 0.15) is 104 Å². The van der Waals surface area contributed by atoms with Gasteiger partial charge in [0.05, 0.1) is 0 Å². The van der Waals surface area contributed by atoms with Crippen LogP contribution in [0.2, 0.25) is 9.36 Å². The second-order valence-corrected chi connectivity index (χ2v) is 56.0. The van der Waals surface area contributed by atoms with Crippen LogP contribution in [0.15, 0.2) is 35.4 Å². The number of fused-ring (bicyclic) bond motifs is 2. The standard InChI is InChI=1S/2C15H19.2CH3.2ClH.Hf.H2Si/c2*1-4-5-6-13-9-14-11(2)7-8-12(3)15(14)10-13;;;;;;/h2*7-10H,4-6H2,1-3H3;2*1H3;2*1H;;1H2.